The Bertz CT molecular complexity index is 2300. The van der Waals surface area contributed by atoms with Crippen molar-refractivity contribution in [2.75, 3.05) is 27.2 Å². The lowest BCUT2D eigenvalue weighted by Crippen LogP contribution is -2.56. The third kappa shape index (κ3) is 9.88. The summed E-state index contributed by atoms with van der Waals surface area (Å²) in [5.41, 5.74) is 2.25. The SMILES string of the molecule is CCC[C@H](NC(=O)[C@H](C)NC)C(=O)N1C[C@@H](F)C[C@H]1Cn1c(-c2[nH]c3cc(F)ccc3c2C[C@@H]2C[C@H](F)CN2C(=O)[C@@H](NC(=O)[C@H](C)NC)C2CCCCC2)nc2cc(F)ccc21. The highest BCUT2D eigenvalue weighted by molar-refractivity contribution is 5.93. The highest BCUT2D eigenvalue weighted by atomic mass is 19.1. The molecule has 1 aliphatic carbocycles. The first-order chi connectivity index (χ1) is 30.2. The number of aromatic nitrogens is 3. The number of carbonyl (C=O) groups excluding carboxylic acids is 4. The normalized spacial score (nSPS) is 22.7. The molecule has 8 atom stereocenters. The molecular weight excluding hydrogens is 819 g/mol. The number of aromatic amines is 1. The van der Waals surface area contributed by atoms with Gasteiger partial charge in [0.05, 0.1) is 47.9 Å². The van der Waals surface area contributed by atoms with E-state index >= 15 is 8.78 Å². The van der Waals surface area contributed by atoms with Crippen LogP contribution in [0.25, 0.3) is 33.5 Å². The first-order valence-electron chi connectivity index (χ1n) is 22.5. The van der Waals surface area contributed by atoms with Crippen molar-refractivity contribution >= 4 is 45.6 Å². The Hall–Kier alpha value is -5.03. The molecule has 5 N–H and O–H groups in total. The van der Waals surface area contributed by atoms with Crippen LogP contribution >= 0.6 is 0 Å². The molecule has 0 spiro atoms. The Morgan fingerprint density at radius 2 is 1.44 bits per heavy atom. The van der Waals surface area contributed by atoms with E-state index in [4.69, 9.17) is 4.98 Å². The summed E-state index contributed by atoms with van der Waals surface area (Å²) in [5, 5.41) is 12.3. The average molecular weight is 880 g/mol. The molecule has 4 amide bonds. The standard InChI is InChI=1S/C46H61F4N9O4/c1-6-10-36(55-43(60)25(2)51-4)45(62)58-23-31(50)18-33(58)24-59-39-16-14-29(48)20-38(39)54-42(59)41-35(34-15-13-28(47)19-37(34)53-41)21-32-17-30(49)22-57(32)46(63)40(27-11-8-7-9-12-27)56-44(61)26(3)52-5/h13-16,19-20,25-27,30-33,36,40,51-53H,6-12,17-18,21-24H2,1-5H3,(H,55,60)(H,56,61)/t25-,26-,30-,31-,32-,33-,36-,40-/m0/s1. The molecule has 0 unspecified atom stereocenters. The van der Waals surface area contributed by atoms with E-state index in [1.54, 1.807) is 49.5 Å². The zero-order valence-electron chi connectivity index (χ0n) is 36.8. The number of carbonyl (C=O) groups is 4. The van der Waals surface area contributed by atoms with E-state index in [2.05, 4.69) is 26.3 Å². The molecule has 4 aromatic rings. The monoisotopic (exact) mass is 879 g/mol. The number of halogens is 4. The largest absolute Gasteiger partial charge is 0.352 e. The topological polar surface area (TPSA) is 156 Å². The van der Waals surface area contributed by atoms with Gasteiger partial charge in [-0.2, -0.15) is 0 Å². The number of hydrogen-bond acceptors (Lipinski definition) is 7. The lowest BCUT2D eigenvalue weighted by molar-refractivity contribution is -0.139. The summed E-state index contributed by atoms with van der Waals surface area (Å²) in [6.45, 7) is 5.00. The van der Waals surface area contributed by atoms with E-state index in [0.29, 0.717) is 46.3 Å². The van der Waals surface area contributed by atoms with Gasteiger partial charge in [-0.3, -0.25) is 19.2 Å². The van der Waals surface area contributed by atoms with Crippen molar-refractivity contribution in [2.24, 2.45) is 5.92 Å². The maximum atomic E-state index is 15.7. The van der Waals surface area contributed by atoms with E-state index < -0.39 is 66.1 Å². The van der Waals surface area contributed by atoms with Gasteiger partial charge in [0.25, 0.3) is 0 Å². The van der Waals surface area contributed by atoms with Crippen LogP contribution in [0.1, 0.15) is 84.1 Å². The molecule has 3 fully saturated rings. The molecule has 342 valence electrons. The summed E-state index contributed by atoms with van der Waals surface area (Å²) in [6.07, 6.45) is 2.81. The minimum absolute atomic E-state index is 0.000637. The van der Waals surface area contributed by atoms with Crippen LogP contribution in [0.5, 0.6) is 0 Å². The molecule has 2 aromatic carbocycles. The third-order valence-corrected chi connectivity index (χ3v) is 13.5. The number of nitrogens with one attached hydrogen (secondary N) is 5. The zero-order valence-corrected chi connectivity index (χ0v) is 36.8. The fourth-order valence-corrected chi connectivity index (χ4v) is 9.79. The van der Waals surface area contributed by atoms with Crippen LogP contribution in [-0.2, 0) is 32.1 Å². The third-order valence-electron chi connectivity index (χ3n) is 13.5. The number of fused-ring (bicyclic) bond motifs is 2. The maximum absolute atomic E-state index is 15.7. The molecule has 63 heavy (non-hydrogen) atoms. The highest BCUT2D eigenvalue weighted by Gasteiger charge is 2.43. The number of amides is 4. The number of H-pyrrole nitrogens is 1. The van der Waals surface area contributed by atoms with Crippen molar-refractivity contribution in [1.82, 2.24) is 45.6 Å². The summed E-state index contributed by atoms with van der Waals surface area (Å²) in [5.74, 6) is -2.28. The van der Waals surface area contributed by atoms with Gasteiger partial charge in [-0.15, -0.1) is 0 Å². The predicted molar refractivity (Wildman–Crippen MR) is 233 cm³/mol. The number of likely N-dealkylation sites (tertiary alicyclic amines) is 2. The molecular formula is C46H61F4N9O4. The number of hydrogen-bond donors (Lipinski definition) is 5. The Kier molecular flexibility index (Phi) is 14.4. The molecule has 0 bridgehead atoms. The molecule has 2 saturated heterocycles. The molecule has 17 heteroatoms. The molecule has 2 aliphatic heterocycles. The summed E-state index contributed by atoms with van der Waals surface area (Å²) in [6, 6.07) is 4.23. The Morgan fingerprint density at radius 1 is 0.825 bits per heavy atom. The van der Waals surface area contributed by atoms with Gasteiger partial charge in [-0.05, 0) is 95.4 Å². The van der Waals surface area contributed by atoms with Gasteiger partial charge in [0.1, 0.15) is 36.1 Å². The van der Waals surface area contributed by atoms with Crippen LogP contribution in [-0.4, -0.2) is 124 Å². The average Bonchev–Trinajstić information content (AvgIpc) is 4.03. The van der Waals surface area contributed by atoms with Gasteiger partial charge in [-0.1, -0.05) is 32.6 Å². The summed E-state index contributed by atoms with van der Waals surface area (Å²) in [4.78, 5) is 66.3. The number of likely N-dealkylation sites (N-methyl/N-ethyl adjacent to an activating group) is 2. The van der Waals surface area contributed by atoms with E-state index in [9.17, 15) is 28.0 Å². The number of rotatable bonds is 16. The summed E-state index contributed by atoms with van der Waals surface area (Å²) in [7, 11) is 3.31. The van der Waals surface area contributed by atoms with Crippen LogP contribution < -0.4 is 21.3 Å². The van der Waals surface area contributed by atoms with Crippen LogP contribution in [0, 0.1) is 17.6 Å². The van der Waals surface area contributed by atoms with Crippen molar-refractivity contribution in [3.8, 4) is 11.5 Å². The molecule has 2 aromatic heterocycles. The van der Waals surface area contributed by atoms with Crippen LogP contribution in [0.4, 0.5) is 17.6 Å². The molecule has 13 nitrogen and oxygen atoms in total. The smallest absolute Gasteiger partial charge is 0.245 e. The zero-order chi connectivity index (χ0) is 45.1. The molecule has 1 saturated carbocycles. The lowest BCUT2D eigenvalue weighted by atomic mass is 9.83. The van der Waals surface area contributed by atoms with E-state index in [0.717, 1.165) is 32.1 Å². The first-order valence-corrected chi connectivity index (χ1v) is 22.5. The molecule has 7 rings (SSSR count). The van der Waals surface area contributed by atoms with Gasteiger partial charge >= 0.3 is 0 Å². The van der Waals surface area contributed by atoms with E-state index in [1.807, 2.05) is 6.92 Å². The van der Waals surface area contributed by atoms with Gasteiger partial charge in [0.15, 0.2) is 5.82 Å². The van der Waals surface area contributed by atoms with Crippen molar-refractivity contribution in [3.05, 3.63) is 53.6 Å². The van der Waals surface area contributed by atoms with E-state index in [1.165, 1.54) is 29.2 Å². The van der Waals surface area contributed by atoms with Crippen molar-refractivity contribution < 1.29 is 36.7 Å². The number of imidazole rings is 1. The Morgan fingerprint density at radius 3 is 2.11 bits per heavy atom. The maximum Gasteiger partial charge on any atom is 0.245 e. The fraction of sp³-hybridized carbons (Fsp3) is 0.587. The number of benzene rings is 2. The summed E-state index contributed by atoms with van der Waals surface area (Å²) >= 11 is 0. The quantitative estimate of drug-likeness (QED) is 0.0939. The first kappa shape index (κ1) is 46.0. The van der Waals surface area contributed by atoms with Gasteiger partial charge in [-0.25, -0.2) is 22.5 Å². The van der Waals surface area contributed by atoms with Crippen LogP contribution in [0.3, 0.4) is 0 Å². The Labute approximate surface area is 365 Å². The molecule has 0 radical (unpaired) electrons. The van der Waals surface area contributed by atoms with Crippen molar-refractivity contribution in [3.63, 3.8) is 0 Å². The minimum Gasteiger partial charge on any atom is -0.352 e. The van der Waals surface area contributed by atoms with E-state index in [-0.39, 0.29) is 68.1 Å². The highest BCUT2D eigenvalue weighted by Crippen LogP contribution is 2.38. The minimum atomic E-state index is -1.35. The van der Waals surface area contributed by atoms with Gasteiger partial charge in [0.2, 0.25) is 23.6 Å². The number of nitrogens with zero attached hydrogens (tertiary/aromatic N) is 4. The van der Waals surface area contributed by atoms with Gasteiger partial charge in [0, 0.05) is 42.4 Å². The number of alkyl halides is 2. The second kappa shape index (κ2) is 19.8. The fourth-order valence-electron chi connectivity index (χ4n) is 9.79. The lowest BCUT2D eigenvalue weighted by Gasteiger charge is -2.35. The second-order valence-corrected chi connectivity index (χ2v) is 17.8. The Balaban J connectivity index is 1.27. The van der Waals surface area contributed by atoms with Crippen molar-refractivity contribution in [1.29, 1.82) is 0 Å². The van der Waals surface area contributed by atoms with Crippen LogP contribution in [0.15, 0.2) is 36.4 Å². The van der Waals surface area contributed by atoms with Crippen molar-refractivity contribution in [2.45, 2.75) is 140 Å². The second-order valence-electron chi connectivity index (χ2n) is 17.8. The molecule has 4 heterocycles. The predicted octanol–water partition coefficient (Wildman–Crippen LogP) is 5.45. The molecule has 3 aliphatic rings. The van der Waals surface area contributed by atoms with Gasteiger partial charge < -0.3 is 40.6 Å². The summed E-state index contributed by atoms with van der Waals surface area (Å²) < 4.78 is 62.8. The van der Waals surface area contributed by atoms with Crippen LogP contribution in [0.2, 0.25) is 0 Å².